The van der Waals surface area contributed by atoms with Crippen LogP contribution in [-0.2, 0) is 4.74 Å². The summed E-state index contributed by atoms with van der Waals surface area (Å²) in [6.07, 6.45) is 0. The Morgan fingerprint density at radius 2 is 2.50 bits per heavy atom. The van der Waals surface area contributed by atoms with Crippen LogP contribution in [-0.4, -0.2) is 17.6 Å². The molecule has 2 heterocycles. The Labute approximate surface area is 95.9 Å². The first-order chi connectivity index (χ1) is 7.72. The van der Waals surface area contributed by atoms with Gasteiger partial charge in [-0.05, 0) is 18.4 Å². The summed E-state index contributed by atoms with van der Waals surface area (Å²) < 4.78 is 10.00. The maximum atomic E-state index is 11.4. The van der Waals surface area contributed by atoms with Crippen LogP contribution in [0.3, 0.4) is 0 Å². The summed E-state index contributed by atoms with van der Waals surface area (Å²) in [5.74, 6) is -0.244. The van der Waals surface area contributed by atoms with Crippen LogP contribution in [0, 0.1) is 0 Å². The molecule has 0 aliphatic rings. The zero-order valence-electron chi connectivity index (χ0n) is 8.60. The van der Waals surface area contributed by atoms with Crippen LogP contribution >= 0.6 is 11.3 Å². The minimum atomic E-state index is -0.565. The van der Waals surface area contributed by atoms with Crippen molar-refractivity contribution < 1.29 is 13.9 Å². The molecule has 0 bridgehead atoms. The van der Waals surface area contributed by atoms with Gasteiger partial charge in [-0.15, -0.1) is 0 Å². The fourth-order valence-corrected chi connectivity index (χ4v) is 1.82. The van der Waals surface area contributed by atoms with Gasteiger partial charge in [0.25, 0.3) is 0 Å². The molecule has 2 aromatic heterocycles. The average Bonchev–Trinajstić information content (AvgIpc) is 2.86. The van der Waals surface area contributed by atoms with Crippen molar-refractivity contribution in [3.63, 3.8) is 0 Å². The number of hydrogen-bond donors (Lipinski definition) is 1. The number of oxazole rings is 1. The lowest BCUT2D eigenvalue weighted by atomic mass is 10.3. The highest BCUT2D eigenvalue weighted by molar-refractivity contribution is 7.08. The van der Waals surface area contributed by atoms with E-state index in [1.54, 1.807) is 6.92 Å². The number of nitrogen functional groups attached to an aromatic ring is 1. The highest BCUT2D eigenvalue weighted by Gasteiger charge is 2.19. The molecular weight excluding hydrogens is 228 g/mol. The average molecular weight is 238 g/mol. The van der Waals surface area contributed by atoms with Gasteiger partial charge in [-0.2, -0.15) is 16.3 Å². The minimum absolute atomic E-state index is 0.0142. The maximum absolute atomic E-state index is 11.4. The standard InChI is InChI=1S/C10H10N2O3S/c1-2-14-10(13)7-8(11)15-9(12-7)6-3-4-16-5-6/h3-5H,2,11H2,1H3. The predicted octanol–water partition coefficient (Wildman–Crippen LogP) is 2.16. The third-order valence-corrected chi connectivity index (χ3v) is 2.57. The van der Waals surface area contributed by atoms with Crippen molar-refractivity contribution in [2.45, 2.75) is 6.92 Å². The first-order valence-electron chi connectivity index (χ1n) is 4.68. The number of carbonyl (C=O) groups excluding carboxylic acids is 1. The van der Waals surface area contributed by atoms with Gasteiger partial charge in [-0.3, -0.25) is 0 Å². The van der Waals surface area contributed by atoms with Crippen molar-refractivity contribution in [2.75, 3.05) is 12.3 Å². The van der Waals surface area contributed by atoms with Crippen LogP contribution in [0.25, 0.3) is 11.5 Å². The third-order valence-electron chi connectivity index (χ3n) is 1.89. The van der Waals surface area contributed by atoms with Gasteiger partial charge in [0.15, 0.2) is 0 Å². The Morgan fingerprint density at radius 3 is 3.12 bits per heavy atom. The molecule has 0 radical (unpaired) electrons. The lowest BCUT2D eigenvalue weighted by molar-refractivity contribution is 0.0521. The largest absolute Gasteiger partial charge is 0.461 e. The Balaban J connectivity index is 2.32. The fourth-order valence-electron chi connectivity index (χ4n) is 1.19. The van der Waals surface area contributed by atoms with Gasteiger partial charge in [-0.25, -0.2) is 4.79 Å². The molecule has 16 heavy (non-hydrogen) atoms. The van der Waals surface area contributed by atoms with Crippen LogP contribution in [0.2, 0.25) is 0 Å². The van der Waals surface area contributed by atoms with Gasteiger partial charge in [0, 0.05) is 10.9 Å². The van der Waals surface area contributed by atoms with E-state index in [9.17, 15) is 4.79 Å². The van der Waals surface area contributed by atoms with E-state index >= 15 is 0 Å². The molecule has 0 unspecified atom stereocenters. The number of rotatable bonds is 3. The lowest BCUT2D eigenvalue weighted by Crippen LogP contribution is -2.07. The van der Waals surface area contributed by atoms with Crippen molar-refractivity contribution in [2.24, 2.45) is 0 Å². The quantitative estimate of drug-likeness (QED) is 0.829. The molecule has 5 nitrogen and oxygen atoms in total. The zero-order valence-corrected chi connectivity index (χ0v) is 9.41. The van der Waals surface area contributed by atoms with Crippen LogP contribution in [0.15, 0.2) is 21.2 Å². The summed E-state index contributed by atoms with van der Waals surface area (Å²) in [5, 5.41) is 3.75. The van der Waals surface area contributed by atoms with Crippen molar-refractivity contribution in [3.8, 4) is 11.5 Å². The van der Waals surface area contributed by atoms with Crippen LogP contribution < -0.4 is 5.73 Å². The molecule has 0 amide bonds. The van der Waals surface area contributed by atoms with E-state index < -0.39 is 5.97 Å². The highest BCUT2D eigenvalue weighted by atomic mass is 32.1. The molecule has 2 aromatic rings. The summed E-state index contributed by atoms with van der Waals surface area (Å²) >= 11 is 1.51. The summed E-state index contributed by atoms with van der Waals surface area (Å²) in [4.78, 5) is 15.4. The van der Waals surface area contributed by atoms with Crippen molar-refractivity contribution in [3.05, 3.63) is 22.5 Å². The Bertz CT molecular complexity index is 490. The molecule has 0 saturated heterocycles. The molecular formula is C10H10N2O3S. The van der Waals surface area contributed by atoms with Crippen molar-refractivity contribution in [1.82, 2.24) is 4.98 Å². The summed E-state index contributed by atoms with van der Waals surface area (Å²) in [6.45, 7) is 1.99. The lowest BCUT2D eigenvalue weighted by Gasteiger charge is -1.96. The first kappa shape index (κ1) is 10.7. The molecule has 0 aliphatic carbocycles. The van der Waals surface area contributed by atoms with E-state index in [4.69, 9.17) is 14.9 Å². The molecule has 0 aromatic carbocycles. The van der Waals surface area contributed by atoms with Crippen molar-refractivity contribution >= 4 is 23.2 Å². The molecule has 2 N–H and O–H groups in total. The summed E-state index contributed by atoms with van der Waals surface area (Å²) in [6, 6.07) is 1.84. The summed E-state index contributed by atoms with van der Waals surface area (Å²) in [5.41, 5.74) is 6.38. The second kappa shape index (κ2) is 4.36. The predicted molar refractivity (Wildman–Crippen MR) is 60.2 cm³/mol. The molecule has 0 atom stereocenters. The minimum Gasteiger partial charge on any atom is -0.461 e. The number of carbonyl (C=O) groups is 1. The molecule has 84 valence electrons. The number of hydrogen-bond acceptors (Lipinski definition) is 6. The van der Waals surface area contributed by atoms with Crippen LogP contribution in [0.5, 0.6) is 0 Å². The Morgan fingerprint density at radius 1 is 1.69 bits per heavy atom. The molecule has 0 spiro atoms. The number of anilines is 1. The number of thiophene rings is 1. The number of aromatic nitrogens is 1. The maximum Gasteiger partial charge on any atom is 0.362 e. The molecule has 0 fully saturated rings. The molecule has 0 aliphatic heterocycles. The van der Waals surface area contributed by atoms with E-state index in [1.807, 2.05) is 16.8 Å². The third kappa shape index (κ3) is 1.92. The van der Waals surface area contributed by atoms with Crippen LogP contribution in [0.1, 0.15) is 17.4 Å². The van der Waals surface area contributed by atoms with Gasteiger partial charge in [0.05, 0.1) is 6.61 Å². The van der Waals surface area contributed by atoms with E-state index in [0.717, 1.165) is 5.56 Å². The van der Waals surface area contributed by atoms with E-state index in [0.29, 0.717) is 5.89 Å². The monoisotopic (exact) mass is 238 g/mol. The Kier molecular flexibility index (Phi) is 2.91. The topological polar surface area (TPSA) is 78.3 Å². The molecule has 0 saturated carbocycles. The normalized spacial score (nSPS) is 10.3. The zero-order chi connectivity index (χ0) is 11.5. The van der Waals surface area contributed by atoms with Gasteiger partial charge in [0.2, 0.25) is 17.5 Å². The number of nitrogens with two attached hydrogens (primary N) is 1. The number of nitrogens with zero attached hydrogens (tertiary/aromatic N) is 1. The van der Waals surface area contributed by atoms with Gasteiger partial charge < -0.3 is 14.9 Å². The van der Waals surface area contributed by atoms with E-state index in [1.165, 1.54) is 11.3 Å². The first-order valence-corrected chi connectivity index (χ1v) is 5.62. The van der Waals surface area contributed by atoms with E-state index in [-0.39, 0.29) is 18.2 Å². The highest BCUT2D eigenvalue weighted by Crippen LogP contribution is 2.25. The summed E-state index contributed by atoms with van der Waals surface area (Å²) in [7, 11) is 0. The molecule has 2 rings (SSSR count). The Hall–Kier alpha value is -1.82. The molecule has 6 heteroatoms. The van der Waals surface area contributed by atoms with Gasteiger partial charge in [-0.1, -0.05) is 0 Å². The van der Waals surface area contributed by atoms with Crippen molar-refractivity contribution in [1.29, 1.82) is 0 Å². The second-order valence-electron chi connectivity index (χ2n) is 2.96. The number of ether oxygens (including phenoxy) is 1. The fraction of sp³-hybridized carbons (Fsp3) is 0.200. The van der Waals surface area contributed by atoms with E-state index in [2.05, 4.69) is 4.98 Å². The second-order valence-corrected chi connectivity index (χ2v) is 3.74. The smallest absolute Gasteiger partial charge is 0.362 e. The van der Waals surface area contributed by atoms with Gasteiger partial charge >= 0.3 is 5.97 Å². The SMILES string of the molecule is CCOC(=O)c1nc(-c2ccsc2)oc1N. The van der Waals surface area contributed by atoms with Gasteiger partial charge in [0.1, 0.15) is 0 Å². The number of esters is 1. The van der Waals surface area contributed by atoms with Crippen LogP contribution in [0.4, 0.5) is 5.88 Å².